The van der Waals surface area contributed by atoms with Gasteiger partial charge in [0, 0.05) is 19.0 Å². The Bertz CT molecular complexity index is 499. The first-order valence-corrected chi connectivity index (χ1v) is 6.20. The van der Waals surface area contributed by atoms with E-state index in [2.05, 4.69) is 29.6 Å². The number of hydrogen-bond acceptors (Lipinski definition) is 2. The number of methoxy groups -OCH3 is 1. The van der Waals surface area contributed by atoms with Gasteiger partial charge in [0.2, 0.25) is 0 Å². The van der Waals surface area contributed by atoms with Gasteiger partial charge in [-0.3, -0.25) is 0 Å². The minimum atomic E-state index is 0.644. The van der Waals surface area contributed by atoms with Crippen molar-refractivity contribution in [3.63, 3.8) is 0 Å². The lowest BCUT2D eigenvalue weighted by molar-refractivity contribution is 0.415. The highest BCUT2D eigenvalue weighted by molar-refractivity contribution is 6.18. The van der Waals surface area contributed by atoms with E-state index in [9.17, 15) is 0 Å². The molecule has 0 unspecified atom stereocenters. The highest BCUT2D eigenvalue weighted by Gasteiger charge is 1.98. The maximum Gasteiger partial charge on any atom is 0.119 e. The fourth-order valence-electron chi connectivity index (χ4n) is 1.81. The van der Waals surface area contributed by atoms with Gasteiger partial charge < -0.3 is 10.1 Å². The van der Waals surface area contributed by atoms with Crippen LogP contribution in [0, 0.1) is 0 Å². The molecule has 2 aromatic rings. The molecule has 0 amide bonds. The van der Waals surface area contributed by atoms with Crippen LogP contribution in [-0.4, -0.2) is 19.5 Å². The number of rotatable bonds is 5. The second-order valence-electron chi connectivity index (χ2n) is 3.91. The minimum absolute atomic E-state index is 0.644. The zero-order valence-electron chi connectivity index (χ0n) is 9.87. The molecular weight excluding hydrogens is 234 g/mol. The Kier molecular flexibility index (Phi) is 4.24. The van der Waals surface area contributed by atoms with Crippen molar-refractivity contribution < 1.29 is 4.74 Å². The predicted octanol–water partition coefficient (Wildman–Crippen LogP) is 3.18. The van der Waals surface area contributed by atoms with Crippen molar-refractivity contribution in [2.24, 2.45) is 0 Å². The second kappa shape index (κ2) is 5.89. The van der Waals surface area contributed by atoms with Gasteiger partial charge >= 0.3 is 0 Å². The topological polar surface area (TPSA) is 21.3 Å². The molecule has 0 spiro atoms. The van der Waals surface area contributed by atoms with Crippen LogP contribution in [0.15, 0.2) is 36.4 Å². The van der Waals surface area contributed by atoms with Crippen LogP contribution >= 0.6 is 11.6 Å². The number of nitrogens with one attached hydrogen (secondary N) is 1. The van der Waals surface area contributed by atoms with Crippen LogP contribution in [0.5, 0.6) is 5.75 Å². The molecular formula is C14H16ClNO. The van der Waals surface area contributed by atoms with Crippen LogP contribution in [0.1, 0.15) is 5.56 Å². The highest BCUT2D eigenvalue weighted by Crippen LogP contribution is 2.21. The Hall–Kier alpha value is -1.25. The Balaban J connectivity index is 2.19. The highest BCUT2D eigenvalue weighted by atomic mass is 35.5. The number of halogens is 1. The fraction of sp³-hybridized carbons (Fsp3) is 0.286. The van der Waals surface area contributed by atoms with E-state index in [1.807, 2.05) is 12.1 Å². The number of ether oxygens (including phenoxy) is 1. The van der Waals surface area contributed by atoms with E-state index < -0.39 is 0 Å². The average Bonchev–Trinajstić information content (AvgIpc) is 2.38. The first kappa shape index (κ1) is 12.2. The first-order chi connectivity index (χ1) is 8.33. The maximum atomic E-state index is 5.62. The van der Waals surface area contributed by atoms with Gasteiger partial charge in [-0.25, -0.2) is 0 Å². The maximum absolute atomic E-state index is 5.62. The molecule has 3 heteroatoms. The van der Waals surface area contributed by atoms with Crippen molar-refractivity contribution in [3.8, 4) is 5.75 Å². The van der Waals surface area contributed by atoms with E-state index in [4.69, 9.17) is 16.3 Å². The summed E-state index contributed by atoms with van der Waals surface area (Å²) in [5, 5.41) is 5.71. The van der Waals surface area contributed by atoms with Crippen LogP contribution in [0.3, 0.4) is 0 Å². The molecule has 90 valence electrons. The molecule has 0 atom stereocenters. The molecule has 0 saturated heterocycles. The van der Waals surface area contributed by atoms with E-state index in [-0.39, 0.29) is 0 Å². The molecule has 0 aliphatic heterocycles. The van der Waals surface area contributed by atoms with Crippen LogP contribution in [0.25, 0.3) is 10.8 Å². The molecule has 0 aromatic heterocycles. The van der Waals surface area contributed by atoms with E-state index in [0.29, 0.717) is 5.88 Å². The predicted molar refractivity (Wildman–Crippen MR) is 72.9 cm³/mol. The quantitative estimate of drug-likeness (QED) is 0.649. The molecule has 17 heavy (non-hydrogen) atoms. The molecule has 0 radical (unpaired) electrons. The SMILES string of the molecule is COc1ccc2cc(CNCCCl)ccc2c1. The van der Waals surface area contributed by atoms with Crippen molar-refractivity contribution in [1.29, 1.82) is 0 Å². The lowest BCUT2D eigenvalue weighted by Gasteiger charge is -2.06. The fourth-order valence-corrected chi connectivity index (χ4v) is 1.94. The van der Waals surface area contributed by atoms with Gasteiger partial charge in [0.05, 0.1) is 7.11 Å². The summed E-state index contributed by atoms with van der Waals surface area (Å²) in [6.07, 6.45) is 0. The van der Waals surface area contributed by atoms with Gasteiger partial charge in [-0.15, -0.1) is 11.6 Å². The number of benzene rings is 2. The van der Waals surface area contributed by atoms with E-state index in [0.717, 1.165) is 18.8 Å². The molecule has 0 bridgehead atoms. The zero-order chi connectivity index (χ0) is 12.1. The third-order valence-electron chi connectivity index (χ3n) is 2.71. The second-order valence-corrected chi connectivity index (χ2v) is 4.29. The first-order valence-electron chi connectivity index (χ1n) is 5.67. The minimum Gasteiger partial charge on any atom is -0.497 e. The lowest BCUT2D eigenvalue weighted by Crippen LogP contribution is -2.15. The summed E-state index contributed by atoms with van der Waals surface area (Å²) < 4.78 is 5.20. The lowest BCUT2D eigenvalue weighted by atomic mass is 10.1. The monoisotopic (exact) mass is 249 g/mol. The summed E-state index contributed by atoms with van der Waals surface area (Å²) in [6, 6.07) is 12.6. The third-order valence-corrected chi connectivity index (χ3v) is 2.90. The van der Waals surface area contributed by atoms with Gasteiger partial charge in [0.15, 0.2) is 0 Å². The summed E-state index contributed by atoms with van der Waals surface area (Å²) in [5.41, 5.74) is 1.27. The normalized spacial score (nSPS) is 10.7. The standard InChI is InChI=1S/C14H16ClNO/c1-17-14-5-4-12-8-11(10-16-7-6-15)2-3-13(12)9-14/h2-5,8-9,16H,6-7,10H2,1H3. The molecule has 2 rings (SSSR count). The third kappa shape index (κ3) is 3.11. The van der Waals surface area contributed by atoms with Crippen molar-refractivity contribution in [3.05, 3.63) is 42.0 Å². The molecule has 0 fully saturated rings. The van der Waals surface area contributed by atoms with Crippen molar-refractivity contribution >= 4 is 22.4 Å². The van der Waals surface area contributed by atoms with Crippen molar-refractivity contribution in [1.82, 2.24) is 5.32 Å². The van der Waals surface area contributed by atoms with Gasteiger partial charge in [0.1, 0.15) is 5.75 Å². The molecule has 0 heterocycles. The van der Waals surface area contributed by atoms with E-state index >= 15 is 0 Å². The number of fused-ring (bicyclic) bond motifs is 1. The van der Waals surface area contributed by atoms with Gasteiger partial charge in [-0.05, 0) is 34.5 Å². The van der Waals surface area contributed by atoms with Crippen LogP contribution < -0.4 is 10.1 Å². The largest absolute Gasteiger partial charge is 0.497 e. The van der Waals surface area contributed by atoms with E-state index in [1.54, 1.807) is 7.11 Å². The molecule has 2 nitrogen and oxygen atoms in total. The summed E-state index contributed by atoms with van der Waals surface area (Å²) in [7, 11) is 1.69. The molecule has 0 aliphatic carbocycles. The van der Waals surface area contributed by atoms with Gasteiger partial charge in [0.25, 0.3) is 0 Å². The molecule has 2 aromatic carbocycles. The Labute approximate surface area is 107 Å². The number of alkyl halides is 1. The van der Waals surface area contributed by atoms with Crippen LogP contribution in [0.4, 0.5) is 0 Å². The zero-order valence-corrected chi connectivity index (χ0v) is 10.6. The summed E-state index contributed by atoms with van der Waals surface area (Å²) in [4.78, 5) is 0. The van der Waals surface area contributed by atoms with Crippen LogP contribution in [0.2, 0.25) is 0 Å². The van der Waals surface area contributed by atoms with Gasteiger partial charge in [-0.2, -0.15) is 0 Å². The molecule has 1 N–H and O–H groups in total. The molecule has 0 aliphatic rings. The van der Waals surface area contributed by atoms with E-state index in [1.165, 1.54) is 16.3 Å². The molecule has 0 saturated carbocycles. The Morgan fingerprint density at radius 1 is 1.12 bits per heavy atom. The average molecular weight is 250 g/mol. The van der Waals surface area contributed by atoms with Gasteiger partial charge in [-0.1, -0.05) is 18.2 Å². The summed E-state index contributed by atoms with van der Waals surface area (Å²) in [5.74, 6) is 1.54. The Morgan fingerprint density at radius 2 is 1.88 bits per heavy atom. The van der Waals surface area contributed by atoms with Crippen LogP contribution in [-0.2, 0) is 6.54 Å². The summed E-state index contributed by atoms with van der Waals surface area (Å²) in [6.45, 7) is 1.69. The van der Waals surface area contributed by atoms with Crippen molar-refractivity contribution in [2.75, 3.05) is 19.5 Å². The smallest absolute Gasteiger partial charge is 0.119 e. The van der Waals surface area contributed by atoms with Crippen molar-refractivity contribution in [2.45, 2.75) is 6.54 Å². The number of hydrogen-bond donors (Lipinski definition) is 1. The Morgan fingerprint density at radius 3 is 2.65 bits per heavy atom. The summed E-state index contributed by atoms with van der Waals surface area (Å²) >= 11 is 5.62.